The second-order valence-corrected chi connectivity index (χ2v) is 5.21. The first-order valence-corrected chi connectivity index (χ1v) is 6.15. The predicted octanol–water partition coefficient (Wildman–Crippen LogP) is 4.48. The number of hydrogen-bond acceptors (Lipinski definition) is 1. The molecule has 0 fully saturated rings. The lowest BCUT2D eigenvalue weighted by Crippen LogP contribution is -2.02. The number of fused-ring (bicyclic) bond motifs is 1. The molecule has 1 aliphatic carbocycles. The van der Waals surface area contributed by atoms with Gasteiger partial charge in [-0.15, -0.1) is 0 Å². The SMILES string of the molecule is CC1c2ccc(OC(F)F)cc2C(Br)C1C. The fraction of sp³-hybridized carbons (Fsp3) is 0.500. The smallest absolute Gasteiger partial charge is 0.387 e. The summed E-state index contributed by atoms with van der Waals surface area (Å²) in [5.74, 6) is 1.15. The van der Waals surface area contributed by atoms with Gasteiger partial charge in [-0.2, -0.15) is 8.78 Å². The summed E-state index contributed by atoms with van der Waals surface area (Å²) in [5.41, 5.74) is 2.29. The third-order valence-corrected chi connectivity index (χ3v) is 4.65. The van der Waals surface area contributed by atoms with Crippen LogP contribution in [0.25, 0.3) is 0 Å². The number of ether oxygens (including phenoxy) is 1. The lowest BCUT2D eigenvalue weighted by atomic mass is 9.97. The molecule has 0 amide bonds. The van der Waals surface area contributed by atoms with Crippen molar-refractivity contribution >= 4 is 15.9 Å². The van der Waals surface area contributed by atoms with E-state index in [9.17, 15) is 8.78 Å². The average molecular weight is 291 g/mol. The van der Waals surface area contributed by atoms with Gasteiger partial charge in [-0.25, -0.2) is 0 Å². The third kappa shape index (κ3) is 1.95. The number of hydrogen-bond donors (Lipinski definition) is 0. The molecule has 3 atom stereocenters. The highest BCUT2D eigenvalue weighted by Crippen LogP contribution is 2.50. The molecule has 0 saturated heterocycles. The van der Waals surface area contributed by atoms with E-state index in [1.807, 2.05) is 6.07 Å². The van der Waals surface area contributed by atoms with E-state index in [0.717, 1.165) is 5.56 Å². The zero-order chi connectivity index (χ0) is 11.9. The molecule has 16 heavy (non-hydrogen) atoms. The van der Waals surface area contributed by atoms with Crippen LogP contribution in [0.3, 0.4) is 0 Å². The molecule has 1 nitrogen and oxygen atoms in total. The molecule has 1 aliphatic rings. The molecule has 1 aromatic carbocycles. The molecule has 0 aliphatic heterocycles. The van der Waals surface area contributed by atoms with Gasteiger partial charge < -0.3 is 4.74 Å². The highest BCUT2D eigenvalue weighted by Gasteiger charge is 2.33. The van der Waals surface area contributed by atoms with Crippen molar-refractivity contribution in [1.29, 1.82) is 0 Å². The van der Waals surface area contributed by atoms with E-state index in [-0.39, 0.29) is 10.6 Å². The zero-order valence-electron chi connectivity index (χ0n) is 9.08. The van der Waals surface area contributed by atoms with Crippen LogP contribution in [-0.2, 0) is 0 Å². The Kier molecular flexibility index (Phi) is 3.19. The van der Waals surface area contributed by atoms with E-state index in [4.69, 9.17) is 0 Å². The summed E-state index contributed by atoms with van der Waals surface area (Å²) in [5, 5.41) is 0. The van der Waals surface area contributed by atoms with Gasteiger partial charge in [0.25, 0.3) is 0 Å². The first-order valence-electron chi connectivity index (χ1n) is 5.23. The Hall–Kier alpha value is -0.640. The lowest BCUT2D eigenvalue weighted by molar-refractivity contribution is -0.0498. The first kappa shape index (κ1) is 11.8. The van der Waals surface area contributed by atoms with Gasteiger partial charge in [0.05, 0.1) is 0 Å². The average Bonchev–Trinajstić information content (AvgIpc) is 2.43. The largest absolute Gasteiger partial charge is 0.435 e. The van der Waals surface area contributed by atoms with Crippen LogP contribution in [0.2, 0.25) is 0 Å². The van der Waals surface area contributed by atoms with Gasteiger partial charge in [0, 0.05) is 4.83 Å². The second kappa shape index (κ2) is 4.32. The van der Waals surface area contributed by atoms with E-state index in [1.54, 1.807) is 12.1 Å². The maximum Gasteiger partial charge on any atom is 0.387 e. The van der Waals surface area contributed by atoms with Crippen molar-refractivity contribution in [2.75, 3.05) is 0 Å². The fourth-order valence-corrected chi connectivity index (χ4v) is 3.06. The topological polar surface area (TPSA) is 9.23 Å². The summed E-state index contributed by atoms with van der Waals surface area (Å²) in [7, 11) is 0. The van der Waals surface area contributed by atoms with Crippen LogP contribution in [0.1, 0.15) is 35.7 Å². The maximum atomic E-state index is 12.1. The van der Waals surface area contributed by atoms with E-state index < -0.39 is 6.61 Å². The van der Waals surface area contributed by atoms with Crippen LogP contribution in [0.5, 0.6) is 5.75 Å². The molecule has 0 bridgehead atoms. The quantitative estimate of drug-likeness (QED) is 0.730. The van der Waals surface area contributed by atoms with Crippen molar-refractivity contribution < 1.29 is 13.5 Å². The molecule has 2 rings (SSSR count). The van der Waals surface area contributed by atoms with Gasteiger partial charge >= 0.3 is 6.61 Å². The molecule has 4 heteroatoms. The van der Waals surface area contributed by atoms with Crippen molar-refractivity contribution in [1.82, 2.24) is 0 Å². The fourth-order valence-electron chi connectivity index (χ4n) is 2.20. The van der Waals surface area contributed by atoms with Crippen LogP contribution >= 0.6 is 15.9 Å². The Bertz CT molecular complexity index is 395. The third-order valence-electron chi connectivity index (χ3n) is 3.32. The van der Waals surface area contributed by atoms with Crippen LogP contribution < -0.4 is 4.74 Å². The summed E-state index contributed by atoms with van der Waals surface area (Å²) in [4.78, 5) is 0.221. The Morgan fingerprint density at radius 1 is 1.25 bits per heavy atom. The Balaban J connectivity index is 2.34. The molecular weight excluding hydrogens is 278 g/mol. The molecule has 0 aromatic heterocycles. The molecule has 0 heterocycles. The molecule has 0 spiro atoms. The molecule has 0 N–H and O–H groups in total. The molecule has 88 valence electrons. The number of rotatable bonds is 2. The normalized spacial score (nSPS) is 28.2. The summed E-state index contributed by atoms with van der Waals surface area (Å²) in [6, 6.07) is 5.20. The van der Waals surface area contributed by atoms with Crippen molar-refractivity contribution in [3.63, 3.8) is 0 Å². The van der Waals surface area contributed by atoms with Crippen LogP contribution in [0.15, 0.2) is 18.2 Å². The lowest BCUT2D eigenvalue weighted by Gasteiger charge is -2.11. The van der Waals surface area contributed by atoms with E-state index in [0.29, 0.717) is 11.8 Å². The van der Waals surface area contributed by atoms with Gasteiger partial charge in [0.2, 0.25) is 0 Å². The van der Waals surface area contributed by atoms with Gasteiger partial charge in [-0.05, 0) is 35.1 Å². The Labute approximate surface area is 102 Å². The standard InChI is InChI=1S/C12H13BrF2O/c1-6-7(2)11(13)10-5-8(16-12(14)15)3-4-9(6)10/h3-7,11-12H,1-2H3. The molecule has 0 saturated carbocycles. The highest BCUT2D eigenvalue weighted by atomic mass is 79.9. The van der Waals surface area contributed by atoms with E-state index in [2.05, 4.69) is 34.5 Å². The van der Waals surface area contributed by atoms with Gasteiger partial charge in [-0.3, -0.25) is 0 Å². The Morgan fingerprint density at radius 3 is 2.56 bits per heavy atom. The number of benzene rings is 1. The molecule has 3 unspecified atom stereocenters. The summed E-state index contributed by atoms with van der Waals surface area (Å²) in [6.45, 7) is 1.54. The second-order valence-electron chi connectivity index (χ2n) is 4.22. The van der Waals surface area contributed by atoms with Crippen LogP contribution in [0, 0.1) is 5.92 Å². The van der Waals surface area contributed by atoms with E-state index >= 15 is 0 Å². The van der Waals surface area contributed by atoms with Crippen molar-refractivity contribution in [2.45, 2.75) is 31.2 Å². The van der Waals surface area contributed by atoms with Crippen molar-refractivity contribution in [3.8, 4) is 5.75 Å². The molecular formula is C12H13BrF2O. The van der Waals surface area contributed by atoms with E-state index in [1.165, 1.54) is 5.56 Å². The molecule has 0 radical (unpaired) electrons. The highest BCUT2D eigenvalue weighted by molar-refractivity contribution is 9.09. The number of alkyl halides is 3. The predicted molar refractivity (Wildman–Crippen MR) is 62.3 cm³/mol. The van der Waals surface area contributed by atoms with Gasteiger partial charge in [0.1, 0.15) is 5.75 Å². The maximum absolute atomic E-state index is 12.1. The van der Waals surface area contributed by atoms with Gasteiger partial charge in [0.15, 0.2) is 0 Å². The Morgan fingerprint density at radius 2 is 1.94 bits per heavy atom. The summed E-state index contributed by atoms with van der Waals surface area (Å²) < 4.78 is 28.6. The number of halogens is 3. The minimum absolute atomic E-state index is 0.221. The monoisotopic (exact) mass is 290 g/mol. The minimum atomic E-state index is -2.76. The zero-order valence-corrected chi connectivity index (χ0v) is 10.7. The summed E-state index contributed by atoms with van der Waals surface area (Å²) in [6.07, 6.45) is 0. The van der Waals surface area contributed by atoms with Crippen molar-refractivity contribution in [2.24, 2.45) is 5.92 Å². The minimum Gasteiger partial charge on any atom is -0.435 e. The summed E-state index contributed by atoms with van der Waals surface area (Å²) >= 11 is 3.60. The van der Waals surface area contributed by atoms with Gasteiger partial charge in [-0.1, -0.05) is 35.8 Å². The van der Waals surface area contributed by atoms with Crippen LogP contribution in [0.4, 0.5) is 8.78 Å². The first-order chi connectivity index (χ1) is 7.50. The molecule has 1 aromatic rings. The van der Waals surface area contributed by atoms with Crippen molar-refractivity contribution in [3.05, 3.63) is 29.3 Å². The van der Waals surface area contributed by atoms with Crippen LogP contribution in [-0.4, -0.2) is 6.61 Å².